The van der Waals surface area contributed by atoms with Gasteiger partial charge in [0.25, 0.3) is 0 Å². The first kappa shape index (κ1) is 19.2. The molecule has 2 amide bonds. The van der Waals surface area contributed by atoms with Crippen molar-refractivity contribution in [3.8, 4) is 5.75 Å². The SMILES string of the molecule is CCCOc1ccccc1/C=N\NC(=O)C(=O)Nc1cccc(C)c1C. The number of aryl methyl sites for hydroxylation is 1. The summed E-state index contributed by atoms with van der Waals surface area (Å²) in [5, 5.41) is 6.44. The number of amides is 2. The second kappa shape index (κ2) is 9.36. The van der Waals surface area contributed by atoms with Crippen molar-refractivity contribution in [2.24, 2.45) is 5.10 Å². The molecule has 0 unspecified atom stereocenters. The smallest absolute Gasteiger partial charge is 0.329 e. The molecule has 6 nitrogen and oxygen atoms in total. The first-order valence-corrected chi connectivity index (χ1v) is 8.45. The van der Waals surface area contributed by atoms with Crippen LogP contribution in [0.25, 0.3) is 0 Å². The van der Waals surface area contributed by atoms with E-state index in [4.69, 9.17) is 4.74 Å². The normalized spacial score (nSPS) is 10.6. The van der Waals surface area contributed by atoms with Crippen LogP contribution in [0, 0.1) is 13.8 Å². The lowest BCUT2D eigenvalue weighted by atomic mass is 10.1. The Morgan fingerprint density at radius 2 is 1.85 bits per heavy atom. The number of nitrogens with one attached hydrogen (secondary N) is 2. The third kappa shape index (κ3) is 5.17. The van der Waals surface area contributed by atoms with Crippen molar-refractivity contribution >= 4 is 23.7 Å². The van der Waals surface area contributed by atoms with Gasteiger partial charge >= 0.3 is 11.8 Å². The predicted octanol–water partition coefficient (Wildman–Crippen LogP) is 3.18. The molecular formula is C20H23N3O3. The maximum absolute atomic E-state index is 12.0. The maximum atomic E-state index is 12.0. The molecule has 6 heteroatoms. The summed E-state index contributed by atoms with van der Waals surface area (Å²) in [7, 11) is 0. The molecule has 26 heavy (non-hydrogen) atoms. The Kier molecular flexibility index (Phi) is 6.91. The molecular weight excluding hydrogens is 330 g/mol. The van der Waals surface area contributed by atoms with Crippen LogP contribution in [0.3, 0.4) is 0 Å². The van der Waals surface area contributed by atoms with Gasteiger partial charge in [0.2, 0.25) is 0 Å². The van der Waals surface area contributed by atoms with E-state index in [0.717, 1.165) is 23.1 Å². The number of benzene rings is 2. The minimum atomic E-state index is -0.839. The largest absolute Gasteiger partial charge is 0.493 e. The fourth-order valence-electron chi connectivity index (χ4n) is 2.21. The number of ether oxygens (including phenoxy) is 1. The van der Waals surface area contributed by atoms with E-state index in [0.29, 0.717) is 18.0 Å². The van der Waals surface area contributed by atoms with Crippen molar-refractivity contribution in [1.29, 1.82) is 0 Å². The zero-order valence-corrected chi connectivity index (χ0v) is 15.2. The summed E-state index contributed by atoms with van der Waals surface area (Å²) >= 11 is 0. The van der Waals surface area contributed by atoms with E-state index in [1.54, 1.807) is 6.07 Å². The van der Waals surface area contributed by atoms with Crippen LogP contribution >= 0.6 is 0 Å². The van der Waals surface area contributed by atoms with Crippen molar-refractivity contribution in [2.45, 2.75) is 27.2 Å². The fourth-order valence-corrected chi connectivity index (χ4v) is 2.21. The van der Waals surface area contributed by atoms with Crippen molar-refractivity contribution < 1.29 is 14.3 Å². The third-order valence-electron chi connectivity index (χ3n) is 3.81. The van der Waals surface area contributed by atoms with Gasteiger partial charge in [-0.15, -0.1) is 0 Å². The highest BCUT2D eigenvalue weighted by Gasteiger charge is 2.14. The second-order valence-corrected chi connectivity index (χ2v) is 5.79. The van der Waals surface area contributed by atoms with Crippen molar-refractivity contribution in [2.75, 3.05) is 11.9 Å². The van der Waals surface area contributed by atoms with Gasteiger partial charge in [0.15, 0.2) is 0 Å². The zero-order chi connectivity index (χ0) is 18.9. The highest BCUT2D eigenvalue weighted by Crippen LogP contribution is 2.18. The molecule has 2 N–H and O–H groups in total. The second-order valence-electron chi connectivity index (χ2n) is 5.79. The summed E-state index contributed by atoms with van der Waals surface area (Å²) in [5.41, 5.74) is 5.50. The summed E-state index contributed by atoms with van der Waals surface area (Å²) in [6.45, 7) is 6.43. The average molecular weight is 353 g/mol. The van der Waals surface area contributed by atoms with E-state index in [9.17, 15) is 9.59 Å². The number of para-hydroxylation sites is 1. The monoisotopic (exact) mass is 353 g/mol. The van der Waals surface area contributed by atoms with Gasteiger partial charge in [-0.25, -0.2) is 5.43 Å². The maximum Gasteiger partial charge on any atom is 0.329 e. The van der Waals surface area contributed by atoms with Crippen LogP contribution in [-0.2, 0) is 9.59 Å². The van der Waals surface area contributed by atoms with E-state index in [1.807, 2.05) is 57.2 Å². The number of nitrogens with zero attached hydrogens (tertiary/aromatic N) is 1. The van der Waals surface area contributed by atoms with E-state index in [2.05, 4.69) is 15.8 Å². The Hall–Kier alpha value is -3.15. The summed E-state index contributed by atoms with van der Waals surface area (Å²) < 4.78 is 5.61. The van der Waals surface area contributed by atoms with Crippen molar-refractivity contribution in [3.05, 3.63) is 59.2 Å². The molecule has 0 atom stereocenters. The Balaban J connectivity index is 1.97. The van der Waals surface area contributed by atoms with E-state index in [-0.39, 0.29) is 0 Å². The quantitative estimate of drug-likeness (QED) is 0.475. The molecule has 0 aliphatic carbocycles. The molecule has 0 aliphatic heterocycles. The van der Waals surface area contributed by atoms with Gasteiger partial charge in [-0.3, -0.25) is 9.59 Å². The summed E-state index contributed by atoms with van der Waals surface area (Å²) in [5.74, 6) is -0.937. The van der Waals surface area contributed by atoms with Gasteiger partial charge in [0, 0.05) is 11.3 Å². The molecule has 0 saturated carbocycles. The lowest BCUT2D eigenvalue weighted by Gasteiger charge is -2.09. The van der Waals surface area contributed by atoms with Crippen LogP contribution in [0.15, 0.2) is 47.6 Å². The van der Waals surface area contributed by atoms with Gasteiger partial charge in [0.1, 0.15) is 5.75 Å². The Morgan fingerprint density at radius 1 is 1.08 bits per heavy atom. The topological polar surface area (TPSA) is 79.8 Å². The minimum Gasteiger partial charge on any atom is -0.493 e. The van der Waals surface area contributed by atoms with Gasteiger partial charge in [-0.1, -0.05) is 31.2 Å². The predicted molar refractivity (Wildman–Crippen MR) is 103 cm³/mol. The third-order valence-corrected chi connectivity index (χ3v) is 3.81. The molecule has 2 rings (SSSR count). The standard InChI is InChI=1S/C20H23N3O3/c1-4-12-26-18-11-6-5-9-16(18)13-21-23-20(25)19(24)22-17-10-7-8-14(2)15(17)3/h5-11,13H,4,12H2,1-3H3,(H,22,24)(H,23,25)/b21-13-. The summed E-state index contributed by atoms with van der Waals surface area (Å²) in [4.78, 5) is 23.9. The number of carbonyl (C=O) groups excluding carboxylic acids is 2. The molecule has 0 aromatic heterocycles. The number of carbonyl (C=O) groups is 2. The Labute approximate surface area is 153 Å². The molecule has 0 heterocycles. The zero-order valence-electron chi connectivity index (χ0n) is 15.2. The van der Waals surface area contributed by atoms with E-state index < -0.39 is 11.8 Å². The Bertz CT molecular complexity index is 816. The van der Waals surface area contributed by atoms with Crippen LogP contribution in [0.1, 0.15) is 30.0 Å². The van der Waals surface area contributed by atoms with Crippen LogP contribution < -0.4 is 15.5 Å². The number of rotatable bonds is 6. The van der Waals surface area contributed by atoms with Gasteiger partial charge in [-0.2, -0.15) is 5.10 Å². The molecule has 0 bridgehead atoms. The van der Waals surface area contributed by atoms with Crippen LogP contribution in [-0.4, -0.2) is 24.6 Å². The molecule has 0 radical (unpaired) electrons. The highest BCUT2D eigenvalue weighted by atomic mass is 16.5. The van der Waals surface area contributed by atoms with Crippen LogP contribution in [0.2, 0.25) is 0 Å². The molecule has 0 spiro atoms. The summed E-state index contributed by atoms with van der Waals surface area (Å²) in [6.07, 6.45) is 2.34. The number of hydrogen-bond acceptors (Lipinski definition) is 4. The summed E-state index contributed by atoms with van der Waals surface area (Å²) in [6, 6.07) is 12.9. The number of hydrazone groups is 1. The molecule has 0 saturated heterocycles. The van der Waals surface area contributed by atoms with Gasteiger partial charge in [0.05, 0.1) is 12.8 Å². The lowest BCUT2D eigenvalue weighted by molar-refractivity contribution is -0.136. The lowest BCUT2D eigenvalue weighted by Crippen LogP contribution is -2.32. The molecule has 136 valence electrons. The van der Waals surface area contributed by atoms with Crippen molar-refractivity contribution in [1.82, 2.24) is 5.43 Å². The highest BCUT2D eigenvalue weighted by molar-refractivity contribution is 6.39. The average Bonchev–Trinajstić information content (AvgIpc) is 2.64. The molecule has 0 aliphatic rings. The van der Waals surface area contributed by atoms with Crippen LogP contribution in [0.4, 0.5) is 5.69 Å². The number of hydrogen-bond donors (Lipinski definition) is 2. The van der Waals surface area contributed by atoms with Gasteiger partial charge < -0.3 is 10.1 Å². The number of anilines is 1. The molecule has 2 aromatic carbocycles. The van der Waals surface area contributed by atoms with E-state index >= 15 is 0 Å². The van der Waals surface area contributed by atoms with Gasteiger partial charge in [-0.05, 0) is 49.6 Å². The molecule has 0 fully saturated rings. The first-order chi connectivity index (χ1) is 12.5. The molecule has 2 aromatic rings. The fraction of sp³-hybridized carbons (Fsp3) is 0.250. The van der Waals surface area contributed by atoms with E-state index in [1.165, 1.54) is 6.21 Å². The first-order valence-electron chi connectivity index (χ1n) is 8.45. The van der Waals surface area contributed by atoms with Crippen molar-refractivity contribution in [3.63, 3.8) is 0 Å². The van der Waals surface area contributed by atoms with Crippen LogP contribution in [0.5, 0.6) is 5.75 Å². The minimum absolute atomic E-state index is 0.593. The Morgan fingerprint density at radius 3 is 2.62 bits per heavy atom.